The zero-order chi connectivity index (χ0) is 18.5. The molecule has 26 heavy (non-hydrogen) atoms. The Bertz CT molecular complexity index is 840. The molecule has 0 bridgehead atoms. The molecule has 2 aromatic rings. The van der Waals surface area contributed by atoms with Gasteiger partial charge in [-0.25, -0.2) is 9.78 Å². The Morgan fingerprint density at radius 3 is 2.81 bits per heavy atom. The first kappa shape index (κ1) is 18.0. The number of rotatable bonds is 5. The standard InChI is InChI=1S/C18H17ClN2O5/c1-24-18(23)14-4-2-3-13(21-14)17(22)20-6-5-11-9-12(19)16-15(10-11)25-7-8-26-16/h2-4,9-10H,5-8H2,1H3,(H,20,22). The van der Waals surface area contributed by atoms with Gasteiger partial charge in [-0.2, -0.15) is 0 Å². The molecule has 1 aliphatic heterocycles. The minimum atomic E-state index is -0.592. The van der Waals surface area contributed by atoms with E-state index in [0.717, 1.165) is 5.56 Å². The molecule has 1 aliphatic rings. The summed E-state index contributed by atoms with van der Waals surface area (Å²) in [6, 6.07) is 8.23. The number of aromatic nitrogens is 1. The number of nitrogens with zero attached hydrogens (tertiary/aromatic N) is 1. The average Bonchev–Trinajstić information content (AvgIpc) is 2.67. The van der Waals surface area contributed by atoms with Gasteiger partial charge in [-0.3, -0.25) is 4.79 Å². The van der Waals surface area contributed by atoms with Gasteiger partial charge in [0.2, 0.25) is 0 Å². The lowest BCUT2D eigenvalue weighted by atomic mass is 10.1. The highest BCUT2D eigenvalue weighted by Gasteiger charge is 2.17. The molecule has 0 fully saturated rings. The van der Waals surface area contributed by atoms with E-state index in [-0.39, 0.29) is 17.3 Å². The molecule has 2 heterocycles. The lowest BCUT2D eigenvalue weighted by Gasteiger charge is -2.20. The summed E-state index contributed by atoms with van der Waals surface area (Å²) in [7, 11) is 1.26. The molecule has 1 aromatic heterocycles. The van der Waals surface area contributed by atoms with Crippen molar-refractivity contribution in [1.82, 2.24) is 10.3 Å². The molecule has 0 aliphatic carbocycles. The van der Waals surface area contributed by atoms with Crippen molar-refractivity contribution in [3.05, 3.63) is 52.3 Å². The molecule has 0 unspecified atom stereocenters. The Balaban J connectivity index is 1.61. The van der Waals surface area contributed by atoms with E-state index in [2.05, 4.69) is 15.0 Å². The predicted molar refractivity (Wildman–Crippen MR) is 94.1 cm³/mol. The summed E-state index contributed by atoms with van der Waals surface area (Å²) in [6.07, 6.45) is 0.554. The van der Waals surface area contributed by atoms with Gasteiger partial charge in [-0.05, 0) is 36.2 Å². The van der Waals surface area contributed by atoms with E-state index in [1.807, 2.05) is 6.07 Å². The Morgan fingerprint density at radius 2 is 2.00 bits per heavy atom. The molecular formula is C18H17ClN2O5. The number of carbonyl (C=O) groups is 2. The van der Waals surface area contributed by atoms with Gasteiger partial charge in [0.1, 0.15) is 24.6 Å². The fourth-order valence-corrected chi connectivity index (χ4v) is 2.79. The Labute approximate surface area is 155 Å². The highest BCUT2D eigenvalue weighted by atomic mass is 35.5. The molecule has 0 saturated carbocycles. The zero-order valence-electron chi connectivity index (χ0n) is 14.1. The van der Waals surface area contributed by atoms with Gasteiger partial charge < -0.3 is 19.5 Å². The minimum absolute atomic E-state index is 0.0822. The number of fused-ring (bicyclic) bond motifs is 1. The van der Waals surface area contributed by atoms with Gasteiger partial charge >= 0.3 is 5.97 Å². The van der Waals surface area contributed by atoms with Crippen molar-refractivity contribution in [2.24, 2.45) is 0 Å². The number of hydrogen-bond donors (Lipinski definition) is 1. The van der Waals surface area contributed by atoms with Crippen molar-refractivity contribution >= 4 is 23.5 Å². The number of methoxy groups -OCH3 is 1. The molecule has 0 radical (unpaired) electrons. The SMILES string of the molecule is COC(=O)c1cccc(C(=O)NCCc2cc(Cl)c3c(c2)OCCO3)n1. The van der Waals surface area contributed by atoms with Crippen molar-refractivity contribution in [1.29, 1.82) is 0 Å². The normalized spacial score (nSPS) is 12.4. The highest BCUT2D eigenvalue weighted by molar-refractivity contribution is 6.32. The number of esters is 1. The molecule has 1 aromatic carbocycles. The second-order valence-electron chi connectivity index (χ2n) is 5.51. The van der Waals surface area contributed by atoms with E-state index in [1.54, 1.807) is 12.1 Å². The molecule has 136 valence electrons. The number of benzene rings is 1. The molecule has 1 N–H and O–H groups in total. The van der Waals surface area contributed by atoms with Crippen LogP contribution in [0.5, 0.6) is 11.5 Å². The lowest BCUT2D eigenvalue weighted by Crippen LogP contribution is -2.27. The number of ether oxygens (including phenoxy) is 3. The highest BCUT2D eigenvalue weighted by Crippen LogP contribution is 2.38. The van der Waals surface area contributed by atoms with E-state index >= 15 is 0 Å². The second-order valence-corrected chi connectivity index (χ2v) is 5.91. The van der Waals surface area contributed by atoms with Crippen molar-refractivity contribution < 1.29 is 23.8 Å². The fourth-order valence-electron chi connectivity index (χ4n) is 2.50. The third-order valence-corrected chi connectivity index (χ3v) is 4.01. The molecule has 8 heteroatoms. The molecule has 0 spiro atoms. The molecule has 0 saturated heterocycles. The Hall–Kier alpha value is -2.80. The summed E-state index contributed by atoms with van der Waals surface area (Å²) in [6.45, 7) is 1.32. The monoisotopic (exact) mass is 376 g/mol. The third kappa shape index (κ3) is 4.05. The van der Waals surface area contributed by atoms with Crippen LogP contribution in [-0.4, -0.2) is 43.7 Å². The number of amides is 1. The van der Waals surface area contributed by atoms with E-state index < -0.39 is 5.97 Å². The first-order valence-corrected chi connectivity index (χ1v) is 8.38. The van der Waals surface area contributed by atoms with Crippen LogP contribution in [0.25, 0.3) is 0 Å². The van der Waals surface area contributed by atoms with Gasteiger partial charge in [-0.15, -0.1) is 0 Å². The fraction of sp³-hybridized carbons (Fsp3) is 0.278. The molecule has 7 nitrogen and oxygen atoms in total. The molecular weight excluding hydrogens is 360 g/mol. The first-order valence-electron chi connectivity index (χ1n) is 8.00. The lowest BCUT2D eigenvalue weighted by molar-refractivity contribution is 0.0594. The van der Waals surface area contributed by atoms with Crippen LogP contribution in [0.3, 0.4) is 0 Å². The van der Waals surface area contributed by atoms with Crippen LogP contribution in [0.4, 0.5) is 0 Å². The third-order valence-electron chi connectivity index (χ3n) is 3.73. The van der Waals surface area contributed by atoms with Crippen molar-refractivity contribution in [2.75, 3.05) is 26.9 Å². The maximum absolute atomic E-state index is 12.2. The maximum Gasteiger partial charge on any atom is 0.356 e. The van der Waals surface area contributed by atoms with Gasteiger partial charge in [0.25, 0.3) is 5.91 Å². The Kier molecular flexibility index (Phi) is 5.58. The van der Waals surface area contributed by atoms with Gasteiger partial charge in [0.05, 0.1) is 12.1 Å². The molecule has 3 rings (SSSR count). The Morgan fingerprint density at radius 1 is 1.23 bits per heavy atom. The van der Waals surface area contributed by atoms with E-state index in [1.165, 1.54) is 19.2 Å². The quantitative estimate of drug-likeness (QED) is 0.805. The van der Waals surface area contributed by atoms with Crippen molar-refractivity contribution in [3.63, 3.8) is 0 Å². The summed E-state index contributed by atoms with van der Waals surface area (Å²) in [5.74, 6) is 0.192. The van der Waals surface area contributed by atoms with E-state index in [9.17, 15) is 9.59 Å². The van der Waals surface area contributed by atoms with E-state index in [4.69, 9.17) is 21.1 Å². The predicted octanol–water partition coefficient (Wildman–Crippen LogP) is 2.27. The first-order chi connectivity index (χ1) is 12.6. The largest absolute Gasteiger partial charge is 0.486 e. The minimum Gasteiger partial charge on any atom is -0.486 e. The van der Waals surface area contributed by atoms with Gasteiger partial charge in [0, 0.05) is 6.54 Å². The van der Waals surface area contributed by atoms with Crippen LogP contribution < -0.4 is 14.8 Å². The summed E-state index contributed by atoms with van der Waals surface area (Å²) >= 11 is 6.20. The van der Waals surface area contributed by atoms with Crippen LogP contribution in [0.15, 0.2) is 30.3 Å². The van der Waals surface area contributed by atoms with Crippen molar-refractivity contribution in [3.8, 4) is 11.5 Å². The topological polar surface area (TPSA) is 86.8 Å². The average molecular weight is 377 g/mol. The number of halogens is 1. The molecule has 1 amide bonds. The van der Waals surface area contributed by atoms with Crippen LogP contribution in [0, 0.1) is 0 Å². The second kappa shape index (κ2) is 8.05. The van der Waals surface area contributed by atoms with Gasteiger partial charge in [-0.1, -0.05) is 17.7 Å². The smallest absolute Gasteiger partial charge is 0.356 e. The maximum atomic E-state index is 12.2. The number of pyridine rings is 1. The summed E-state index contributed by atoms with van der Waals surface area (Å²) in [5, 5.41) is 3.24. The summed E-state index contributed by atoms with van der Waals surface area (Å²) in [5.41, 5.74) is 1.14. The van der Waals surface area contributed by atoms with Crippen molar-refractivity contribution in [2.45, 2.75) is 6.42 Å². The number of hydrogen-bond acceptors (Lipinski definition) is 6. The van der Waals surface area contributed by atoms with Crippen LogP contribution >= 0.6 is 11.6 Å². The summed E-state index contributed by atoms with van der Waals surface area (Å²) < 4.78 is 15.6. The van der Waals surface area contributed by atoms with Crippen LogP contribution in [-0.2, 0) is 11.2 Å². The zero-order valence-corrected chi connectivity index (χ0v) is 14.8. The van der Waals surface area contributed by atoms with Gasteiger partial charge in [0.15, 0.2) is 11.5 Å². The van der Waals surface area contributed by atoms with Crippen LogP contribution in [0.2, 0.25) is 5.02 Å². The molecule has 0 atom stereocenters. The summed E-state index contributed by atoms with van der Waals surface area (Å²) in [4.78, 5) is 27.7. The number of nitrogens with one attached hydrogen (secondary N) is 1. The van der Waals surface area contributed by atoms with E-state index in [0.29, 0.717) is 42.7 Å². The number of carbonyl (C=O) groups excluding carboxylic acids is 2. The van der Waals surface area contributed by atoms with Crippen LogP contribution in [0.1, 0.15) is 26.5 Å².